The van der Waals surface area contributed by atoms with Crippen molar-refractivity contribution in [2.75, 3.05) is 23.3 Å². The predicted octanol–water partition coefficient (Wildman–Crippen LogP) is 5.67. The van der Waals surface area contributed by atoms with Crippen LogP contribution in [-0.4, -0.2) is 23.8 Å². The Morgan fingerprint density at radius 3 is 2.31 bits per heavy atom. The Labute approximate surface area is 184 Å². The highest BCUT2D eigenvalue weighted by molar-refractivity contribution is 6.31. The lowest BCUT2D eigenvalue weighted by atomic mass is 10.1. The van der Waals surface area contributed by atoms with Gasteiger partial charge in [0.15, 0.2) is 0 Å². The summed E-state index contributed by atoms with van der Waals surface area (Å²) in [6.07, 6.45) is -7.67. The number of benzene rings is 1. The Balaban J connectivity index is 1.82. The highest BCUT2D eigenvalue weighted by atomic mass is 35.5. The molecule has 2 aromatic rings. The van der Waals surface area contributed by atoms with Crippen molar-refractivity contribution in [3.63, 3.8) is 0 Å². The normalized spacial score (nSPS) is 17.2. The minimum Gasteiger partial charge on any atom is -0.385 e. The summed E-state index contributed by atoms with van der Waals surface area (Å²) in [4.78, 5) is 5.31. The molecule has 0 radical (unpaired) electrons. The third kappa shape index (κ3) is 5.26. The fourth-order valence-corrected chi connectivity index (χ4v) is 3.63. The summed E-state index contributed by atoms with van der Waals surface area (Å²) in [5.41, 5.74) is 4.83. The van der Waals surface area contributed by atoms with Crippen LogP contribution in [0.2, 0.25) is 5.02 Å². The average molecular weight is 478 g/mol. The van der Waals surface area contributed by atoms with Crippen LogP contribution in [0.25, 0.3) is 0 Å². The maximum Gasteiger partial charge on any atom is 0.419 e. The Bertz CT molecular complexity index is 1050. The molecule has 0 unspecified atom stereocenters. The number of rotatable bonds is 3. The second-order valence-corrected chi connectivity index (χ2v) is 7.45. The number of halogens is 7. The van der Waals surface area contributed by atoms with E-state index in [9.17, 15) is 26.3 Å². The Morgan fingerprint density at radius 2 is 1.69 bits per heavy atom. The molecule has 32 heavy (non-hydrogen) atoms. The van der Waals surface area contributed by atoms with E-state index in [0.717, 1.165) is 24.3 Å². The fourth-order valence-electron chi connectivity index (χ4n) is 3.34. The summed E-state index contributed by atoms with van der Waals surface area (Å²) in [5.74, 6) is -0.208. The Hall–Kier alpha value is -2.95. The molecule has 0 bridgehead atoms. The van der Waals surface area contributed by atoms with Crippen LogP contribution in [0.1, 0.15) is 24.0 Å². The van der Waals surface area contributed by atoms with Crippen LogP contribution in [0.5, 0.6) is 0 Å². The van der Waals surface area contributed by atoms with Gasteiger partial charge in [-0.15, -0.1) is 0 Å². The molecular weight excluding hydrogens is 460 g/mol. The van der Waals surface area contributed by atoms with Crippen molar-refractivity contribution in [2.45, 2.75) is 25.2 Å². The molecule has 0 aliphatic carbocycles. The molecule has 172 valence electrons. The van der Waals surface area contributed by atoms with Gasteiger partial charge < -0.3 is 21.4 Å². The van der Waals surface area contributed by atoms with Crippen molar-refractivity contribution in [1.29, 1.82) is 5.41 Å². The van der Waals surface area contributed by atoms with E-state index in [4.69, 9.17) is 22.7 Å². The Kier molecular flexibility index (Phi) is 6.59. The molecule has 0 amide bonds. The zero-order chi connectivity index (χ0) is 23.7. The second kappa shape index (κ2) is 8.89. The predicted molar refractivity (Wildman–Crippen MR) is 110 cm³/mol. The van der Waals surface area contributed by atoms with Crippen molar-refractivity contribution in [1.82, 2.24) is 4.98 Å². The van der Waals surface area contributed by atoms with Gasteiger partial charge in [0.25, 0.3) is 0 Å². The van der Waals surface area contributed by atoms with Gasteiger partial charge in [0.1, 0.15) is 11.6 Å². The van der Waals surface area contributed by atoms with Gasteiger partial charge in [-0.2, -0.15) is 26.3 Å². The highest BCUT2D eigenvalue weighted by Gasteiger charge is 2.36. The second-order valence-electron chi connectivity index (χ2n) is 7.05. The standard InChI is InChI=1S/C20H18ClF6N5/c21-15-10-11(3-4-13(15)19(22,23)24)31-17(29)12-5-8-32(9-6-16(12)28)18-14(20(25,26)27)2-1-7-30-18/h1-4,7,10,28,31H,5-6,8-9,29H2/b17-12+,28-16?. The molecule has 1 aliphatic heterocycles. The number of anilines is 2. The number of hydrogen-bond donors (Lipinski definition) is 3. The summed E-state index contributed by atoms with van der Waals surface area (Å²) in [6, 6.07) is 5.17. The molecule has 1 aromatic carbocycles. The lowest BCUT2D eigenvalue weighted by molar-refractivity contribution is -0.138. The lowest BCUT2D eigenvalue weighted by Gasteiger charge is -2.24. The molecule has 0 atom stereocenters. The zero-order valence-electron chi connectivity index (χ0n) is 16.4. The number of pyridine rings is 1. The van der Waals surface area contributed by atoms with Gasteiger partial charge in [-0.05, 0) is 36.8 Å². The number of aromatic nitrogens is 1. The molecule has 2 heterocycles. The molecule has 1 fully saturated rings. The SMILES string of the molecule is N=C1CCN(c2ncccc2C(F)(F)F)CC/C1=C(/N)Nc1ccc(C(F)(F)F)c(Cl)c1. The van der Waals surface area contributed by atoms with E-state index in [1.807, 2.05) is 0 Å². The van der Waals surface area contributed by atoms with Crippen molar-refractivity contribution < 1.29 is 26.3 Å². The monoisotopic (exact) mass is 477 g/mol. The first kappa shape index (κ1) is 23.7. The number of alkyl halides is 6. The number of nitrogens with one attached hydrogen (secondary N) is 2. The van der Waals surface area contributed by atoms with E-state index >= 15 is 0 Å². The van der Waals surface area contributed by atoms with Gasteiger partial charge in [0.2, 0.25) is 0 Å². The Morgan fingerprint density at radius 1 is 1.03 bits per heavy atom. The highest BCUT2D eigenvalue weighted by Crippen LogP contribution is 2.37. The number of hydrogen-bond acceptors (Lipinski definition) is 5. The maximum absolute atomic E-state index is 13.3. The first-order valence-electron chi connectivity index (χ1n) is 9.35. The molecule has 1 aromatic heterocycles. The summed E-state index contributed by atoms with van der Waals surface area (Å²) < 4.78 is 78.6. The van der Waals surface area contributed by atoms with Gasteiger partial charge in [-0.1, -0.05) is 11.6 Å². The van der Waals surface area contributed by atoms with Crippen LogP contribution in [-0.2, 0) is 12.4 Å². The lowest BCUT2D eigenvalue weighted by Crippen LogP contribution is -2.28. The van der Waals surface area contributed by atoms with Crippen molar-refractivity contribution in [3.05, 3.63) is 64.1 Å². The third-order valence-electron chi connectivity index (χ3n) is 4.90. The topological polar surface area (TPSA) is 78.0 Å². The van der Waals surface area contributed by atoms with Gasteiger partial charge in [0.05, 0.1) is 16.1 Å². The minimum atomic E-state index is -4.60. The van der Waals surface area contributed by atoms with Gasteiger partial charge in [-0.3, -0.25) is 0 Å². The van der Waals surface area contributed by atoms with Crippen molar-refractivity contribution >= 4 is 28.8 Å². The first-order valence-corrected chi connectivity index (χ1v) is 9.73. The largest absolute Gasteiger partial charge is 0.419 e. The van der Waals surface area contributed by atoms with Crippen LogP contribution in [0.4, 0.5) is 37.8 Å². The number of nitrogens with two attached hydrogens (primary N) is 1. The van der Waals surface area contributed by atoms with E-state index in [0.29, 0.717) is 5.57 Å². The van der Waals surface area contributed by atoms with Crippen LogP contribution in [0.15, 0.2) is 47.9 Å². The van der Waals surface area contributed by atoms with E-state index in [2.05, 4.69) is 10.3 Å². The maximum atomic E-state index is 13.3. The molecule has 1 saturated heterocycles. The molecule has 3 rings (SSSR count). The molecule has 0 saturated carbocycles. The summed E-state index contributed by atoms with van der Waals surface area (Å²) >= 11 is 5.71. The van der Waals surface area contributed by atoms with E-state index in [1.165, 1.54) is 17.2 Å². The van der Waals surface area contributed by atoms with Crippen LogP contribution >= 0.6 is 11.6 Å². The molecule has 5 nitrogen and oxygen atoms in total. The quantitative estimate of drug-likeness (QED) is 0.497. The average Bonchev–Trinajstić information content (AvgIpc) is 2.88. The first-order chi connectivity index (χ1) is 14.9. The number of nitrogens with zero attached hydrogens (tertiary/aromatic N) is 2. The summed E-state index contributed by atoms with van der Waals surface area (Å²) in [7, 11) is 0. The molecule has 12 heteroatoms. The van der Waals surface area contributed by atoms with E-state index in [-0.39, 0.29) is 49.0 Å². The van der Waals surface area contributed by atoms with Crippen LogP contribution in [0, 0.1) is 5.41 Å². The van der Waals surface area contributed by atoms with Crippen LogP contribution in [0.3, 0.4) is 0 Å². The third-order valence-corrected chi connectivity index (χ3v) is 5.21. The fraction of sp³-hybridized carbons (Fsp3) is 0.300. The molecular formula is C20H18ClF6N5. The van der Waals surface area contributed by atoms with E-state index in [1.54, 1.807) is 0 Å². The van der Waals surface area contributed by atoms with Gasteiger partial charge in [-0.25, -0.2) is 4.98 Å². The van der Waals surface area contributed by atoms with Crippen LogP contribution < -0.4 is 16.0 Å². The summed E-state index contributed by atoms with van der Waals surface area (Å²) in [6.45, 7) is 0.246. The summed E-state index contributed by atoms with van der Waals surface area (Å²) in [5, 5.41) is 10.5. The molecule has 0 spiro atoms. The van der Waals surface area contributed by atoms with E-state index < -0.39 is 28.5 Å². The molecule has 1 aliphatic rings. The van der Waals surface area contributed by atoms with Gasteiger partial charge >= 0.3 is 12.4 Å². The minimum absolute atomic E-state index is 0.0183. The van der Waals surface area contributed by atoms with Crippen molar-refractivity contribution in [3.8, 4) is 0 Å². The van der Waals surface area contributed by atoms with Crippen molar-refractivity contribution in [2.24, 2.45) is 5.73 Å². The van der Waals surface area contributed by atoms with Gasteiger partial charge in [0, 0.05) is 42.7 Å². The zero-order valence-corrected chi connectivity index (χ0v) is 17.2. The molecule has 4 N–H and O–H groups in total. The smallest absolute Gasteiger partial charge is 0.385 e.